The highest BCUT2D eigenvalue weighted by Gasteiger charge is 2.22. The van der Waals surface area contributed by atoms with Gasteiger partial charge in [-0.15, -0.1) is 11.3 Å². The molecule has 0 saturated heterocycles. The third-order valence-corrected chi connectivity index (χ3v) is 3.58. The van der Waals surface area contributed by atoms with Crippen LogP contribution in [0.3, 0.4) is 0 Å². The number of hydrogen-bond acceptors (Lipinski definition) is 6. The Morgan fingerprint density at radius 3 is 2.48 bits per heavy atom. The van der Waals surface area contributed by atoms with Crippen LogP contribution in [0.1, 0.15) is 49.0 Å². The normalized spacial score (nSPS) is 14.4. The van der Waals surface area contributed by atoms with Gasteiger partial charge in [0.05, 0.1) is 4.88 Å². The van der Waals surface area contributed by atoms with Gasteiger partial charge in [-0.25, -0.2) is 4.79 Å². The van der Waals surface area contributed by atoms with Gasteiger partial charge in [0.15, 0.2) is 5.78 Å². The van der Waals surface area contributed by atoms with Gasteiger partial charge in [-0.1, -0.05) is 0 Å². The maximum atomic E-state index is 11.4. The van der Waals surface area contributed by atoms with Crippen molar-refractivity contribution in [2.45, 2.75) is 45.5 Å². The number of aliphatic hydroxyl groups excluding tert-OH is 2. The first-order chi connectivity index (χ1) is 9.60. The second kappa shape index (κ2) is 7.02. The number of carbonyl (C=O) groups excluding carboxylic acids is 2. The van der Waals surface area contributed by atoms with Crippen molar-refractivity contribution < 1.29 is 24.5 Å². The first-order valence-corrected chi connectivity index (χ1v) is 7.40. The van der Waals surface area contributed by atoms with Gasteiger partial charge in [0.2, 0.25) is 0 Å². The van der Waals surface area contributed by atoms with E-state index in [4.69, 9.17) is 4.74 Å². The largest absolute Gasteiger partial charge is 0.444 e. The van der Waals surface area contributed by atoms with Crippen LogP contribution < -0.4 is 5.32 Å². The zero-order valence-corrected chi connectivity index (χ0v) is 13.4. The van der Waals surface area contributed by atoms with Gasteiger partial charge in [0, 0.05) is 6.54 Å². The molecular weight excluding hydrogens is 294 g/mol. The number of aliphatic hydroxyl groups is 2. The van der Waals surface area contributed by atoms with Crippen molar-refractivity contribution >= 4 is 23.2 Å². The van der Waals surface area contributed by atoms with Gasteiger partial charge < -0.3 is 20.3 Å². The molecular formula is C14H21NO5S. The van der Waals surface area contributed by atoms with Crippen molar-refractivity contribution in [2.24, 2.45) is 0 Å². The van der Waals surface area contributed by atoms with Gasteiger partial charge in [-0.2, -0.15) is 0 Å². The predicted octanol–water partition coefficient (Wildman–Crippen LogP) is 1.87. The van der Waals surface area contributed by atoms with Crippen molar-refractivity contribution in [1.82, 2.24) is 5.32 Å². The molecule has 1 rings (SSSR count). The Hall–Kier alpha value is -1.44. The first kappa shape index (κ1) is 17.6. The number of carbonyl (C=O) groups is 2. The Kier molecular flexibility index (Phi) is 5.88. The summed E-state index contributed by atoms with van der Waals surface area (Å²) in [6.45, 7) is 6.47. The van der Waals surface area contributed by atoms with Crippen molar-refractivity contribution in [3.05, 3.63) is 21.9 Å². The molecule has 1 heterocycles. The average Bonchev–Trinajstić information content (AvgIpc) is 2.82. The summed E-state index contributed by atoms with van der Waals surface area (Å²) in [6.07, 6.45) is -3.03. The second-order valence-electron chi connectivity index (χ2n) is 5.70. The quantitative estimate of drug-likeness (QED) is 0.721. The van der Waals surface area contributed by atoms with Crippen LogP contribution in [0.25, 0.3) is 0 Å². The number of rotatable bonds is 5. The van der Waals surface area contributed by atoms with Crippen LogP contribution in [-0.4, -0.2) is 40.3 Å². The fraction of sp³-hybridized carbons (Fsp3) is 0.571. The number of Topliss-reactive ketones (excluding diaryl/α,β-unsaturated/α-hetero) is 1. The van der Waals surface area contributed by atoms with E-state index >= 15 is 0 Å². The molecule has 0 aliphatic heterocycles. The van der Waals surface area contributed by atoms with Crippen molar-refractivity contribution in [2.75, 3.05) is 6.54 Å². The number of amides is 1. The highest BCUT2D eigenvalue weighted by Crippen LogP contribution is 2.23. The summed E-state index contributed by atoms with van der Waals surface area (Å²) in [7, 11) is 0. The molecule has 3 N–H and O–H groups in total. The van der Waals surface area contributed by atoms with Gasteiger partial charge >= 0.3 is 6.09 Å². The van der Waals surface area contributed by atoms with Crippen LogP contribution in [0, 0.1) is 0 Å². The fourth-order valence-electron chi connectivity index (χ4n) is 1.53. The summed E-state index contributed by atoms with van der Waals surface area (Å²) in [5, 5.41) is 23.8. The van der Waals surface area contributed by atoms with Gasteiger partial charge in [-0.3, -0.25) is 4.79 Å². The highest BCUT2D eigenvalue weighted by atomic mass is 32.1. The van der Waals surface area contributed by atoms with Crippen LogP contribution in [-0.2, 0) is 4.74 Å². The van der Waals surface area contributed by atoms with E-state index in [1.165, 1.54) is 24.3 Å². The summed E-state index contributed by atoms with van der Waals surface area (Å²) in [6, 6.07) is 1.54. The minimum Gasteiger partial charge on any atom is -0.444 e. The topological polar surface area (TPSA) is 95.9 Å². The third-order valence-electron chi connectivity index (χ3n) is 2.53. The molecule has 0 bridgehead atoms. The van der Waals surface area contributed by atoms with E-state index in [1.807, 2.05) is 0 Å². The van der Waals surface area contributed by atoms with Gasteiger partial charge in [0.1, 0.15) is 17.8 Å². The molecule has 2 atom stereocenters. The molecule has 21 heavy (non-hydrogen) atoms. The SMILES string of the molecule is CC(=O)c1cc(C(O)C(O)CNC(=O)OC(C)(C)C)cs1. The zero-order chi connectivity index (χ0) is 16.2. The minimum absolute atomic E-state index is 0.0974. The number of nitrogens with one attached hydrogen (secondary N) is 1. The van der Waals surface area contributed by atoms with E-state index in [0.29, 0.717) is 10.4 Å². The van der Waals surface area contributed by atoms with E-state index in [2.05, 4.69) is 5.32 Å². The minimum atomic E-state index is -1.19. The third kappa shape index (κ3) is 5.82. The molecule has 0 spiro atoms. The Bertz CT molecular complexity index is 506. The number of alkyl carbamates (subject to hydrolysis) is 1. The number of ketones is 1. The summed E-state index contributed by atoms with van der Waals surface area (Å²) in [5.74, 6) is -0.0974. The van der Waals surface area contributed by atoms with Crippen molar-refractivity contribution in [3.8, 4) is 0 Å². The standard InChI is InChI=1S/C14H21NO5S/c1-8(16)11-5-9(7-21-11)12(18)10(17)6-15-13(19)20-14(2,3)4/h5,7,10,12,17-18H,6H2,1-4H3,(H,15,19). The molecule has 0 fully saturated rings. The Labute approximate surface area is 127 Å². The van der Waals surface area contributed by atoms with Gasteiger partial charge in [-0.05, 0) is 44.7 Å². The first-order valence-electron chi connectivity index (χ1n) is 6.52. The fourth-order valence-corrected chi connectivity index (χ4v) is 2.37. The number of ether oxygens (including phenoxy) is 1. The number of hydrogen-bond donors (Lipinski definition) is 3. The predicted molar refractivity (Wildman–Crippen MR) is 79.5 cm³/mol. The Morgan fingerprint density at radius 1 is 1.38 bits per heavy atom. The van der Waals surface area contributed by atoms with Crippen molar-refractivity contribution in [3.63, 3.8) is 0 Å². The summed E-state index contributed by atoms with van der Waals surface area (Å²) in [5.41, 5.74) is -0.180. The lowest BCUT2D eigenvalue weighted by atomic mass is 10.1. The number of thiophene rings is 1. The van der Waals surface area contributed by atoms with Crippen LogP contribution >= 0.6 is 11.3 Å². The van der Waals surface area contributed by atoms with E-state index in [-0.39, 0.29) is 12.3 Å². The lowest BCUT2D eigenvalue weighted by molar-refractivity contribution is 0.0131. The van der Waals surface area contributed by atoms with Crippen LogP contribution in [0.5, 0.6) is 0 Å². The molecule has 118 valence electrons. The average molecular weight is 315 g/mol. The molecule has 0 radical (unpaired) electrons. The Balaban J connectivity index is 2.52. The van der Waals surface area contributed by atoms with Crippen LogP contribution in [0.2, 0.25) is 0 Å². The maximum Gasteiger partial charge on any atom is 0.407 e. The molecule has 6 nitrogen and oxygen atoms in total. The van der Waals surface area contributed by atoms with Crippen molar-refractivity contribution in [1.29, 1.82) is 0 Å². The molecule has 1 aromatic heterocycles. The summed E-state index contributed by atoms with van der Waals surface area (Å²) in [4.78, 5) is 23.1. The van der Waals surface area contributed by atoms with Gasteiger partial charge in [0.25, 0.3) is 0 Å². The van der Waals surface area contributed by atoms with E-state index < -0.39 is 23.9 Å². The summed E-state index contributed by atoms with van der Waals surface area (Å²) >= 11 is 1.20. The van der Waals surface area contributed by atoms with Crippen LogP contribution in [0.15, 0.2) is 11.4 Å². The molecule has 7 heteroatoms. The maximum absolute atomic E-state index is 11.4. The molecule has 0 aliphatic carbocycles. The molecule has 0 aromatic carbocycles. The van der Waals surface area contributed by atoms with E-state index in [1.54, 1.807) is 26.2 Å². The van der Waals surface area contributed by atoms with Crippen LogP contribution in [0.4, 0.5) is 4.79 Å². The van der Waals surface area contributed by atoms with E-state index in [9.17, 15) is 19.8 Å². The molecule has 0 aliphatic rings. The monoisotopic (exact) mass is 315 g/mol. The molecule has 0 saturated carbocycles. The zero-order valence-electron chi connectivity index (χ0n) is 12.5. The highest BCUT2D eigenvalue weighted by molar-refractivity contribution is 7.12. The lowest BCUT2D eigenvalue weighted by Crippen LogP contribution is -2.38. The lowest BCUT2D eigenvalue weighted by Gasteiger charge is -2.21. The smallest absolute Gasteiger partial charge is 0.407 e. The molecule has 1 aromatic rings. The van der Waals surface area contributed by atoms with E-state index in [0.717, 1.165) is 0 Å². The second-order valence-corrected chi connectivity index (χ2v) is 6.61. The Morgan fingerprint density at radius 2 is 2.00 bits per heavy atom. The molecule has 2 unspecified atom stereocenters. The molecule has 1 amide bonds. The summed E-state index contributed by atoms with van der Waals surface area (Å²) < 4.78 is 5.02.